The third-order valence-electron chi connectivity index (χ3n) is 2.26. The van der Waals surface area contributed by atoms with Crippen molar-refractivity contribution in [2.24, 2.45) is 0 Å². The molecule has 0 aliphatic carbocycles. The summed E-state index contributed by atoms with van der Waals surface area (Å²) in [6.45, 7) is 0. The summed E-state index contributed by atoms with van der Waals surface area (Å²) in [4.78, 5) is 22.9. The lowest BCUT2D eigenvalue weighted by atomic mass is 10.1. The van der Waals surface area contributed by atoms with E-state index in [2.05, 4.69) is 9.69 Å². The van der Waals surface area contributed by atoms with Gasteiger partial charge in [0.05, 0.1) is 11.3 Å². The molecule has 0 radical (unpaired) electrons. The average Bonchev–Trinajstić information content (AvgIpc) is 2.69. The largest absolute Gasteiger partial charge is 0.478 e. The molecule has 2 N–H and O–H groups in total. The summed E-state index contributed by atoms with van der Waals surface area (Å²) in [6, 6.07) is 2.93. The molecule has 0 aliphatic heterocycles. The van der Waals surface area contributed by atoms with Crippen molar-refractivity contribution in [2.75, 3.05) is 5.32 Å². The number of halogens is 3. The molecule has 0 fully saturated rings. The van der Waals surface area contributed by atoms with Crippen molar-refractivity contribution in [3.63, 3.8) is 0 Å². The fourth-order valence-corrected chi connectivity index (χ4v) is 2.50. The Balaban J connectivity index is 2.35. The Kier molecular flexibility index (Phi) is 4.22. The number of carbonyl (C=O) groups excluding carboxylic acids is 1. The molecule has 104 valence electrons. The number of hydrogen-bond donors (Lipinski definition) is 2. The molecule has 1 heterocycles. The quantitative estimate of drug-likeness (QED) is 0.899. The number of rotatable bonds is 3. The van der Waals surface area contributed by atoms with Crippen LogP contribution in [0.5, 0.6) is 0 Å². The Morgan fingerprint density at radius 3 is 2.60 bits per heavy atom. The van der Waals surface area contributed by atoms with Crippen LogP contribution in [-0.2, 0) is 0 Å². The maximum absolute atomic E-state index is 13.1. The summed E-state index contributed by atoms with van der Waals surface area (Å²) in [6.07, 6.45) is 0. The Hall–Kier alpha value is -1.70. The van der Waals surface area contributed by atoms with Crippen LogP contribution >= 0.6 is 34.7 Å². The predicted octanol–water partition coefficient (Wildman–Crippen LogP) is 3.54. The van der Waals surface area contributed by atoms with E-state index in [1.165, 1.54) is 0 Å². The first-order valence-corrected chi connectivity index (χ1v) is 6.58. The Morgan fingerprint density at radius 1 is 1.35 bits per heavy atom. The molecule has 5 nitrogen and oxygen atoms in total. The third-order valence-corrected chi connectivity index (χ3v) is 4.06. The topological polar surface area (TPSA) is 79.3 Å². The Morgan fingerprint density at radius 2 is 2.05 bits per heavy atom. The van der Waals surface area contributed by atoms with Crippen molar-refractivity contribution in [3.05, 3.63) is 44.6 Å². The summed E-state index contributed by atoms with van der Waals surface area (Å²) < 4.78 is 16.8. The van der Waals surface area contributed by atoms with Crippen molar-refractivity contribution >= 4 is 52.3 Å². The van der Waals surface area contributed by atoms with E-state index in [-0.39, 0.29) is 26.3 Å². The minimum Gasteiger partial charge on any atom is -0.478 e. The number of carboxylic acid groups (broad SMARTS) is 1. The number of benzene rings is 1. The monoisotopic (exact) mass is 334 g/mol. The van der Waals surface area contributed by atoms with Gasteiger partial charge in [-0.1, -0.05) is 23.2 Å². The number of carbonyl (C=O) groups is 2. The second kappa shape index (κ2) is 5.74. The molecule has 20 heavy (non-hydrogen) atoms. The van der Waals surface area contributed by atoms with Crippen molar-refractivity contribution in [1.82, 2.24) is 4.37 Å². The number of aromatic carboxylic acids is 1. The van der Waals surface area contributed by atoms with Crippen LogP contribution in [0.3, 0.4) is 0 Å². The first-order chi connectivity index (χ1) is 9.40. The lowest BCUT2D eigenvalue weighted by Gasteiger charge is -2.07. The highest BCUT2D eigenvalue weighted by molar-refractivity contribution is 7.09. The van der Waals surface area contributed by atoms with Gasteiger partial charge < -0.3 is 10.4 Å². The molecule has 2 aromatic rings. The van der Waals surface area contributed by atoms with Crippen LogP contribution in [0.4, 0.5) is 10.1 Å². The summed E-state index contributed by atoms with van der Waals surface area (Å²) in [7, 11) is 0. The average molecular weight is 335 g/mol. The van der Waals surface area contributed by atoms with Gasteiger partial charge >= 0.3 is 5.97 Å². The van der Waals surface area contributed by atoms with Crippen LogP contribution in [-0.4, -0.2) is 21.4 Å². The standard InChI is InChI=1S/C11H5Cl2FN2O3S/c12-7-8(20-16-9(7)13)10(17)15-6-3-4(14)1-2-5(6)11(18)19/h1-3H,(H,15,17)(H,18,19). The zero-order valence-electron chi connectivity index (χ0n) is 9.49. The van der Waals surface area contributed by atoms with Crippen molar-refractivity contribution < 1.29 is 19.1 Å². The number of anilines is 1. The van der Waals surface area contributed by atoms with Gasteiger partial charge in [0.25, 0.3) is 5.91 Å². The van der Waals surface area contributed by atoms with Crippen LogP contribution in [0.25, 0.3) is 0 Å². The van der Waals surface area contributed by atoms with Gasteiger partial charge in [-0.05, 0) is 29.7 Å². The van der Waals surface area contributed by atoms with Crippen molar-refractivity contribution in [2.45, 2.75) is 0 Å². The van der Waals surface area contributed by atoms with Gasteiger partial charge in [0.15, 0.2) is 5.15 Å². The summed E-state index contributed by atoms with van der Waals surface area (Å²) in [5, 5.41) is 11.2. The number of hydrogen-bond acceptors (Lipinski definition) is 4. The van der Waals surface area contributed by atoms with E-state index in [1.807, 2.05) is 0 Å². The molecular weight excluding hydrogens is 330 g/mol. The van der Waals surface area contributed by atoms with Crippen molar-refractivity contribution in [1.29, 1.82) is 0 Å². The molecule has 0 unspecified atom stereocenters. The van der Waals surface area contributed by atoms with Crippen LogP contribution in [0, 0.1) is 5.82 Å². The van der Waals surface area contributed by atoms with Crippen LogP contribution < -0.4 is 5.32 Å². The maximum atomic E-state index is 13.1. The number of amides is 1. The first-order valence-electron chi connectivity index (χ1n) is 5.05. The van der Waals surface area contributed by atoms with Crippen LogP contribution in [0.1, 0.15) is 20.0 Å². The number of aromatic nitrogens is 1. The molecule has 2 rings (SSSR count). The van der Waals surface area contributed by atoms with E-state index in [0.717, 1.165) is 29.7 Å². The zero-order chi connectivity index (χ0) is 14.9. The predicted molar refractivity (Wildman–Crippen MR) is 73.4 cm³/mol. The van der Waals surface area contributed by atoms with Gasteiger partial charge in [0, 0.05) is 0 Å². The third kappa shape index (κ3) is 2.90. The molecule has 0 aliphatic rings. The van der Waals surface area contributed by atoms with Crippen LogP contribution in [0.2, 0.25) is 10.2 Å². The highest BCUT2D eigenvalue weighted by Gasteiger charge is 2.20. The molecule has 0 spiro atoms. The molecule has 0 bridgehead atoms. The molecule has 1 amide bonds. The van der Waals surface area contributed by atoms with Gasteiger partial charge in [-0.25, -0.2) is 9.18 Å². The number of nitrogens with zero attached hydrogens (tertiary/aromatic N) is 1. The molecule has 0 saturated heterocycles. The van der Waals surface area contributed by atoms with E-state index in [9.17, 15) is 14.0 Å². The first kappa shape index (κ1) is 14.7. The highest BCUT2D eigenvalue weighted by atomic mass is 35.5. The summed E-state index contributed by atoms with van der Waals surface area (Å²) in [5.41, 5.74) is -0.422. The summed E-state index contributed by atoms with van der Waals surface area (Å²) in [5.74, 6) is -2.69. The van der Waals surface area contributed by atoms with E-state index < -0.39 is 17.7 Å². The Bertz CT molecular complexity index is 705. The highest BCUT2D eigenvalue weighted by Crippen LogP contribution is 2.29. The molecule has 1 aromatic heterocycles. The van der Waals surface area contributed by atoms with E-state index >= 15 is 0 Å². The molecular formula is C11H5Cl2FN2O3S. The zero-order valence-corrected chi connectivity index (χ0v) is 11.8. The van der Waals surface area contributed by atoms with E-state index in [1.54, 1.807) is 0 Å². The van der Waals surface area contributed by atoms with E-state index in [0.29, 0.717) is 0 Å². The van der Waals surface area contributed by atoms with Gasteiger partial charge in [-0.3, -0.25) is 4.79 Å². The molecule has 0 saturated carbocycles. The fraction of sp³-hybridized carbons (Fsp3) is 0. The number of nitrogens with one attached hydrogen (secondary N) is 1. The van der Waals surface area contributed by atoms with Gasteiger partial charge in [-0.2, -0.15) is 4.37 Å². The second-order valence-corrected chi connectivity index (χ2v) is 5.08. The lowest BCUT2D eigenvalue weighted by Crippen LogP contribution is -2.14. The van der Waals surface area contributed by atoms with Crippen LogP contribution in [0.15, 0.2) is 18.2 Å². The van der Waals surface area contributed by atoms with Crippen molar-refractivity contribution in [3.8, 4) is 0 Å². The maximum Gasteiger partial charge on any atom is 0.337 e. The molecule has 9 heteroatoms. The molecule has 0 atom stereocenters. The van der Waals surface area contributed by atoms with Gasteiger partial charge in [0.1, 0.15) is 15.7 Å². The lowest BCUT2D eigenvalue weighted by molar-refractivity contribution is 0.0698. The normalized spacial score (nSPS) is 10.3. The fourth-order valence-electron chi connectivity index (χ4n) is 1.39. The summed E-state index contributed by atoms with van der Waals surface area (Å²) >= 11 is 12.1. The second-order valence-electron chi connectivity index (χ2n) is 3.57. The number of carboxylic acids is 1. The smallest absolute Gasteiger partial charge is 0.337 e. The molecule has 1 aromatic carbocycles. The van der Waals surface area contributed by atoms with Gasteiger partial charge in [0.2, 0.25) is 0 Å². The minimum absolute atomic E-state index is 0.0114. The van der Waals surface area contributed by atoms with Gasteiger partial charge in [-0.15, -0.1) is 0 Å². The van der Waals surface area contributed by atoms with E-state index in [4.69, 9.17) is 28.3 Å². The minimum atomic E-state index is -1.30. The SMILES string of the molecule is O=C(O)c1ccc(F)cc1NC(=O)c1snc(Cl)c1Cl. The Labute approximate surface area is 126 Å².